The van der Waals surface area contributed by atoms with Gasteiger partial charge in [-0.05, 0) is 6.92 Å². The Hall–Kier alpha value is -1.38. The van der Waals surface area contributed by atoms with Crippen molar-refractivity contribution in [3.63, 3.8) is 0 Å². The number of halogens is 4. The molecule has 1 rings (SSSR count). The van der Waals surface area contributed by atoms with Crippen LogP contribution in [0.2, 0.25) is 0 Å². The zero-order chi connectivity index (χ0) is 13.4. The lowest BCUT2D eigenvalue weighted by Gasteiger charge is -2.25. The molecule has 0 saturated carbocycles. The minimum atomic E-state index is -5.33. The van der Waals surface area contributed by atoms with Gasteiger partial charge in [0.05, 0.1) is 0 Å². The Bertz CT molecular complexity index is 333. The van der Waals surface area contributed by atoms with Crippen LogP contribution in [0.1, 0.15) is 13.3 Å². The quantitative estimate of drug-likeness (QED) is 0.560. The van der Waals surface area contributed by atoms with Crippen LogP contribution in [0.25, 0.3) is 0 Å². The van der Waals surface area contributed by atoms with Crippen molar-refractivity contribution in [3.05, 3.63) is 0 Å². The van der Waals surface area contributed by atoms with Gasteiger partial charge in [0.25, 0.3) is 5.72 Å². The molecule has 2 N–H and O–H groups in total. The minimum absolute atomic E-state index is 0.870. The van der Waals surface area contributed by atoms with E-state index in [0.29, 0.717) is 0 Å². The summed E-state index contributed by atoms with van der Waals surface area (Å²) in [6, 6.07) is -1.02. The monoisotopic (exact) mass is 259 g/mol. The number of nitrogens with one attached hydrogen (secondary N) is 1. The van der Waals surface area contributed by atoms with Gasteiger partial charge in [0.1, 0.15) is 6.17 Å². The molecule has 0 spiro atoms. The maximum absolute atomic E-state index is 13.1. The van der Waals surface area contributed by atoms with Gasteiger partial charge in [0.15, 0.2) is 0 Å². The van der Waals surface area contributed by atoms with E-state index in [9.17, 15) is 27.2 Å². The molecule has 3 atom stereocenters. The molecule has 0 aromatic heterocycles. The first kappa shape index (κ1) is 13.7. The molecule has 0 aliphatic carbocycles. The van der Waals surface area contributed by atoms with Crippen LogP contribution in [0.15, 0.2) is 0 Å². The van der Waals surface area contributed by atoms with Gasteiger partial charge in [-0.1, -0.05) is 0 Å². The summed E-state index contributed by atoms with van der Waals surface area (Å²) in [5, 5.41) is 10.7. The summed E-state index contributed by atoms with van der Waals surface area (Å²) in [7, 11) is 0. The third-order valence-corrected chi connectivity index (χ3v) is 2.33. The van der Waals surface area contributed by atoms with Crippen LogP contribution >= 0.6 is 0 Å². The number of carboxylic acids is 1. The molecule has 1 aliphatic heterocycles. The topological polar surface area (TPSA) is 75.6 Å². The number of carbonyl (C=O) groups excluding carboxylic acids is 1. The summed E-state index contributed by atoms with van der Waals surface area (Å²) >= 11 is 0. The highest BCUT2D eigenvalue weighted by molar-refractivity contribution is 5.84. The molecular weight excluding hydrogens is 250 g/mol. The van der Waals surface area contributed by atoms with Gasteiger partial charge in [-0.25, -0.2) is 14.0 Å². The van der Waals surface area contributed by atoms with Crippen molar-refractivity contribution >= 4 is 11.9 Å². The van der Waals surface area contributed by atoms with E-state index in [4.69, 9.17) is 5.11 Å². The lowest BCUT2D eigenvalue weighted by Crippen LogP contribution is -2.54. The van der Waals surface area contributed by atoms with Gasteiger partial charge < -0.3 is 9.84 Å². The highest BCUT2D eigenvalue weighted by atomic mass is 19.4. The van der Waals surface area contributed by atoms with Crippen molar-refractivity contribution in [2.75, 3.05) is 0 Å². The summed E-state index contributed by atoms with van der Waals surface area (Å²) in [4.78, 5) is 21.4. The predicted octanol–water partition coefficient (Wildman–Crippen LogP) is 0.593. The van der Waals surface area contributed by atoms with E-state index in [-0.39, 0.29) is 0 Å². The molecular formula is C8H9F4NO4. The average Bonchev–Trinajstić information content (AvgIpc) is 2.41. The molecule has 0 aromatic rings. The molecule has 0 bridgehead atoms. The minimum Gasteiger partial charge on any atom is -0.477 e. The summed E-state index contributed by atoms with van der Waals surface area (Å²) in [6.07, 6.45) is -7.92. The molecule has 1 fully saturated rings. The molecule has 1 heterocycles. The van der Waals surface area contributed by atoms with Gasteiger partial charge in [0, 0.05) is 12.5 Å². The van der Waals surface area contributed by atoms with Crippen molar-refractivity contribution in [2.24, 2.45) is 0 Å². The number of hydrogen-bond donors (Lipinski definition) is 2. The SMILES string of the molecule is C[C@@H]1N[C@](OC(=O)C(F)(F)F)(C(=O)O)C[C@H]1F. The third kappa shape index (κ3) is 2.65. The lowest BCUT2D eigenvalue weighted by molar-refractivity contribution is -0.220. The molecule has 5 nitrogen and oxygen atoms in total. The van der Waals surface area contributed by atoms with Crippen molar-refractivity contribution in [2.45, 2.75) is 37.5 Å². The Morgan fingerprint density at radius 2 is 2.00 bits per heavy atom. The van der Waals surface area contributed by atoms with Gasteiger partial charge in [-0.2, -0.15) is 13.2 Å². The van der Waals surface area contributed by atoms with Gasteiger partial charge in [0.2, 0.25) is 0 Å². The number of rotatable bonds is 2. The fourth-order valence-corrected chi connectivity index (χ4v) is 1.45. The maximum atomic E-state index is 13.1. The van der Waals surface area contributed by atoms with Gasteiger partial charge >= 0.3 is 18.1 Å². The number of ether oxygens (including phenoxy) is 1. The molecule has 0 unspecified atom stereocenters. The van der Waals surface area contributed by atoms with Crippen LogP contribution < -0.4 is 5.32 Å². The van der Waals surface area contributed by atoms with E-state index in [0.717, 1.165) is 0 Å². The van der Waals surface area contributed by atoms with Crippen molar-refractivity contribution < 1.29 is 37.0 Å². The first-order chi connectivity index (χ1) is 7.58. The van der Waals surface area contributed by atoms with E-state index < -0.39 is 42.5 Å². The summed E-state index contributed by atoms with van der Waals surface area (Å²) in [5.41, 5.74) is -2.66. The van der Waals surface area contributed by atoms with Crippen molar-refractivity contribution in [1.29, 1.82) is 0 Å². The fourth-order valence-electron chi connectivity index (χ4n) is 1.45. The lowest BCUT2D eigenvalue weighted by atomic mass is 10.1. The smallest absolute Gasteiger partial charge is 0.477 e. The second-order valence-corrected chi connectivity index (χ2v) is 3.67. The molecule has 0 amide bonds. The van der Waals surface area contributed by atoms with Crippen LogP contribution in [0.3, 0.4) is 0 Å². The summed E-state index contributed by atoms with van der Waals surface area (Å²) < 4.78 is 52.8. The molecule has 17 heavy (non-hydrogen) atoms. The number of carboxylic acid groups (broad SMARTS) is 1. The Kier molecular flexibility index (Phi) is 3.33. The second kappa shape index (κ2) is 4.13. The molecule has 9 heteroatoms. The van der Waals surface area contributed by atoms with Gasteiger partial charge in [-0.15, -0.1) is 0 Å². The molecule has 1 aliphatic rings. The largest absolute Gasteiger partial charge is 0.491 e. The summed E-state index contributed by atoms with van der Waals surface area (Å²) in [6.45, 7) is 1.23. The standard InChI is InChI=1S/C8H9F4NO4/c1-3-4(9)2-7(13-3,5(14)15)17-6(16)8(10,11)12/h3-4,13H,2H2,1H3,(H,14,15)/t3-,4+,7+/m0/s1. The number of carbonyl (C=O) groups is 2. The second-order valence-electron chi connectivity index (χ2n) is 3.67. The zero-order valence-electron chi connectivity index (χ0n) is 8.55. The fraction of sp³-hybridized carbons (Fsp3) is 0.750. The normalized spacial score (nSPS) is 33.5. The van der Waals surface area contributed by atoms with E-state index >= 15 is 0 Å². The average molecular weight is 259 g/mol. The van der Waals surface area contributed by atoms with Crippen LogP contribution in [0, 0.1) is 0 Å². The van der Waals surface area contributed by atoms with Gasteiger partial charge in [-0.3, -0.25) is 5.32 Å². The highest BCUT2D eigenvalue weighted by Gasteiger charge is 2.56. The maximum Gasteiger partial charge on any atom is 0.491 e. The number of hydrogen-bond acceptors (Lipinski definition) is 4. The zero-order valence-corrected chi connectivity index (χ0v) is 8.55. The Morgan fingerprint density at radius 3 is 2.29 bits per heavy atom. The van der Waals surface area contributed by atoms with E-state index in [1.54, 1.807) is 0 Å². The van der Waals surface area contributed by atoms with Crippen LogP contribution in [-0.4, -0.2) is 41.2 Å². The van der Waals surface area contributed by atoms with Crippen LogP contribution in [-0.2, 0) is 14.3 Å². The van der Waals surface area contributed by atoms with E-state index in [2.05, 4.69) is 4.74 Å². The number of esters is 1. The van der Waals surface area contributed by atoms with Crippen molar-refractivity contribution in [3.8, 4) is 0 Å². The number of alkyl halides is 4. The van der Waals surface area contributed by atoms with E-state index in [1.165, 1.54) is 6.92 Å². The summed E-state index contributed by atoms with van der Waals surface area (Å²) in [5.74, 6) is -4.55. The highest BCUT2D eigenvalue weighted by Crippen LogP contribution is 2.30. The van der Waals surface area contributed by atoms with Crippen LogP contribution in [0.4, 0.5) is 17.6 Å². The molecule has 0 aromatic carbocycles. The molecule has 98 valence electrons. The first-order valence-electron chi connectivity index (χ1n) is 4.54. The predicted molar refractivity (Wildman–Crippen MR) is 44.6 cm³/mol. The Morgan fingerprint density at radius 1 is 1.47 bits per heavy atom. The Labute approximate surface area is 92.7 Å². The van der Waals surface area contributed by atoms with Crippen LogP contribution in [0.5, 0.6) is 0 Å². The third-order valence-electron chi connectivity index (χ3n) is 2.33. The molecule has 1 saturated heterocycles. The number of aliphatic carboxylic acids is 1. The Balaban J connectivity index is 2.90. The van der Waals surface area contributed by atoms with E-state index in [1.807, 2.05) is 5.32 Å². The van der Waals surface area contributed by atoms with Crippen molar-refractivity contribution in [1.82, 2.24) is 5.32 Å². The molecule has 0 radical (unpaired) electrons. The first-order valence-corrected chi connectivity index (χ1v) is 4.54.